The van der Waals surface area contributed by atoms with E-state index in [0.29, 0.717) is 36.0 Å². The molecule has 1 aromatic heterocycles. The van der Waals surface area contributed by atoms with Crippen molar-refractivity contribution >= 4 is 33.4 Å². The molecule has 1 atom stereocenters. The highest BCUT2D eigenvalue weighted by Gasteiger charge is 2.19. The SMILES string of the molecule is CCC(NC(=O)CCc1ccccc1Cl)c1noc(-c2cccc(Br)c2)n1. The monoisotopic (exact) mass is 447 g/mol. The Bertz CT molecular complexity index is 929. The third-order valence-corrected chi connectivity index (χ3v) is 5.01. The zero-order valence-corrected chi connectivity index (χ0v) is 17.1. The van der Waals surface area contributed by atoms with Gasteiger partial charge in [0.1, 0.15) is 0 Å². The molecule has 3 rings (SSSR count). The van der Waals surface area contributed by atoms with Crippen LogP contribution in [-0.2, 0) is 11.2 Å². The lowest BCUT2D eigenvalue weighted by atomic mass is 10.1. The molecule has 5 nitrogen and oxygen atoms in total. The Morgan fingerprint density at radius 1 is 1.26 bits per heavy atom. The molecular weight excluding hydrogens is 430 g/mol. The van der Waals surface area contributed by atoms with Crippen LogP contribution in [0.5, 0.6) is 0 Å². The minimum Gasteiger partial charge on any atom is -0.346 e. The average molecular weight is 449 g/mol. The smallest absolute Gasteiger partial charge is 0.258 e. The Labute approximate surface area is 171 Å². The van der Waals surface area contributed by atoms with Crippen LogP contribution in [0.1, 0.15) is 37.2 Å². The first-order valence-corrected chi connectivity index (χ1v) is 9.86. The molecule has 0 saturated heterocycles. The normalized spacial score (nSPS) is 12.0. The Kier molecular flexibility index (Phi) is 6.63. The third-order valence-electron chi connectivity index (χ3n) is 4.15. The van der Waals surface area contributed by atoms with Crippen LogP contribution in [0, 0.1) is 0 Å². The van der Waals surface area contributed by atoms with Gasteiger partial charge in [-0.05, 0) is 42.7 Å². The van der Waals surface area contributed by atoms with Gasteiger partial charge in [-0.25, -0.2) is 0 Å². The van der Waals surface area contributed by atoms with Gasteiger partial charge in [-0.1, -0.05) is 63.9 Å². The first-order valence-electron chi connectivity index (χ1n) is 8.69. The maximum atomic E-state index is 12.3. The van der Waals surface area contributed by atoms with Crippen molar-refractivity contribution in [3.8, 4) is 11.5 Å². The number of hydrogen-bond acceptors (Lipinski definition) is 4. The van der Waals surface area contributed by atoms with E-state index >= 15 is 0 Å². The first kappa shape index (κ1) is 19.6. The van der Waals surface area contributed by atoms with Gasteiger partial charge in [0.05, 0.1) is 6.04 Å². The van der Waals surface area contributed by atoms with Gasteiger partial charge in [0.2, 0.25) is 5.91 Å². The molecule has 0 spiro atoms. The topological polar surface area (TPSA) is 68.0 Å². The maximum Gasteiger partial charge on any atom is 0.258 e. The van der Waals surface area contributed by atoms with E-state index in [-0.39, 0.29) is 11.9 Å². The molecule has 2 aromatic carbocycles. The van der Waals surface area contributed by atoms with Crippen molar-refractivity contribution in [3.05, 3.63) is 69.4 Å². The van der Waals surface area contributed by atoms with Crippen LogP contribution < -0.4 is 5.32 Å². The Hall–Kier alpha value is -2.18. The number of benzene rings is 2. The summed E-state index contributed by atoms with van der Waals surface area (Å²) in [6.45, 7) is 1.97. The maximum absolute atomic E-state index is 12.3. The second kappa shape index (κ2) is 9.15. The molecule has 3 aromatic rings. The summed E-state index contributed by atoms with van der Waals surface area (Å²) in [5.41, 5.74) is 1.78. The van der Waals surface area contributed by atoms with Gasteiger partial charge in [-0.3, -0.25) is 4.79 Å². The van der Waals surface area contributed by atoms with Gasteiger partial charge in [-0.15, -0.1) is 0 Å². The molecule has 0 fully saturated rings. The van der Waals surface area contributed by atoms with Crippen LogP contribution in [0.15, 0.2) is 57.5 Å². The van der Waals surface area contributed by atoms with Crippen LogP contribution >= 0.6 is 27.5 Å². The van der Waals surface area contributed by atoms with E-state index in [1.54, 1.807) is 0 Å². The molecule has 7 heteroatoms. The van der Waals surface area contributed by atoms with Crippen molar-refractivity contribution in [3.63, 3.8) is 0 Å². The van der Waals surface area contributed by atoms with Crippen molar-refractivity contribution in [1.29, 1.82) is 0 Å². The second-order valence-electron chi connectivity index (χ2n) is 6.09. The number of hydrogen-bond donors (Lipinski definition) is 1. The van der Waals surface area contributed by atoms with E-state index in [1.807, 2.05) is 55.5 Å². The van der Waals surface area contributed by atoms with Crippen molar-refractivity contribution in [1.82, 2.24) is 15.5 Å². The van der Waals surface area contributed by atoms with Crippen molar-refractivity contribution in [2.75, 3.05) is 0 Å². The Morgan fingerprint density at radius 2 is 2.07 bits per heavy atom. The molecule has 0 bridgehead atoms. The summed E-state index contributed by atoms with van der Waals surface area (Å²) >= 11 is 9.57. The van der Waals surface area contributed by atoms with Gasteiger partial charge in [0.15, 0.2) is 5.82 Å². The number of amides is 1. The lowest BCUT2D eigenvalue weighted by molar-refractivity contribution is -0.121. The number of aromatic nitrogens is 2. The highest BCUT2D eigenvalue weighted by Crippen LogP contribution is 2.24. The molecule has 1 heterocycles. The highest BCUT2D eigenvalue weighted by molar-refractivity contribution is 9.10. The van der Waals surface area contributed by atoms with Gasteiger partial charge < -0.3 is 9.84 Å². The number of carbonyl (C=O) groups is 1. The fraction of sp³-hybridized carbons (Fsp3) is 0.250. The zero-order valence-electron chi connectivity index (χ0n) is 14.8. The Morgan fingerprint density at radius 3 is 2.81 bits per heavy atom. The van der Waals surface area contributed by atoms with Crippen LogP contribution in [0.25, 0.3) is 11.5 Å². The summed E-state index contributed by atoms with van der Waals surface area (Å²) < 4.78 is 6.29. The summed E-state index contributed by atoms with van der Waals surface area (Å²) in [4.78, 5) is 16.8. The van der Waals surface area contributed by atoms with Crippen LogP contribution in [0.4, 0.5) is 0 Å². The van der Waals surface area contributed by atoms with E-state index in [4.69, 9.17) is 16.1 Å². The molecule has 1 N–H and O–H groups in total. The molecule has 0 aliphatic carbocycles. The Balaban J connectivity index is 1.63. The fourth-order valence-corrected chi connectivity index (χ4v) is 3.31. The average Bonchev–Trinajstić information content (AvgIpc) is 3.15. The van der Waals surface area contributed by atoms with Gasteiger partial charge in [0.25, 0.3) is 5.89 Å². The van der Waals surface area contributed by atoms with Crippen LogP contribution in [-0.4, -0.2) is 16.0 Å². The highest BCUT2D eigenvalue weighted by atomic mass is 79.9. The first-order chi connectivity index (χ1) is 13.1. The lowest BCUT2D eigenvalue weighted by Crippen LogP contribution is -2.29. The van der Waals surface area contributed by atoms with Gasteiger partial charge in [0, 0.05) is 21.5 Å². The van der Waals surface area contributed by atoms with E-state index in [9.17, 15) is 4.79 Å². The number of rotatable bonds is 7. The molecule has 0 aliphatic rings. The van der Waals surface area contributed by atoms with Crippen molar-refractivity contribution in [2.45, 2.75) is 32.2 Å². The number of carbonyl (C=O) groups excluding carboxylic acids is 1. The molecular formula is C20H19BrClN3O2. The lowest BCUT2D eigenvalue weighted by Gasteiger charge is -2.13. The zero-order chi connectivity index (χ0) is 19.2. The van der Waals surface area contributed by atoms with E-state index < -0.39 is 0 Å². The van der Waals surface area contributed by atoms with Crippen LogP contribution in [0.2, 0.25) is 5.02 Å². The summed E-state index contributed by atoms with van der Waals surface area (Å²) in [6, 6.07) is 14.9. The number of aryl methyl sites for hydroxylation is 1. The molecule has 1 unspecified atom stereocenters. The quantitative estimate of drug-likeness (QED) is 0.529. The molecule has 0 aliphatic heterocycles. The minimum atomic E-state index is -0.298. The summed E-state index contributed by atoms with van der Waals surface area (Å²) in [5.74, 6) is 0.823. The van der Waals surface area contributed by atoms with E-state index in [0.717, 1.165) is 15.6 Å². The minimum absolute atomic E-state index is 0.0735. The van der Waals surface area contributed by atoms with Gasteiger partial charge >= 0.3 is 0 Å². The second-order valence-corrected chi connectivity index (χ2v) is 7.41. The standard InChI is InChI=1S/C20H19BrClN3O2/c1-2-17(23-18(26)11-10-13-6-3-4-9-16(13)22)19-24-20(27-25-19)14-7-5-8-15(21)12-14/h3-9,12,17H,2,10-11H2,1H3,(H,23,26). The third kappa shape index (κ3) is 5.17. The molecule has 0 radical (unpaired) electrons. The largest absolute Gasteiger partial charge is 0.346 e. The predicted molar refractivity (Wildman–Crippen MR) is 108 cm³/mol. The van der Waals surface area contributed by atoms with E-state index in [1.165, 1.54) is 0 Å². The molecule has 1 amide bonds. The van der Waals surface area contributed by atoms with E-state index in [2.05, 4.69) is 31.4 Å². The van der Waals surface area contributed by atoms with Gasteiger partial charge in [-0.2, -0.15) is 4.98 Å². The predicted octanol–water partition coefficient (Wildman–Crippen LogP) is 5.35. The summed E-state index contributed by atoms with van der Waals surface area (Å²) in [7, 11) is 0. The van der Waals surface area contributed by atoms with Crippen molar-refractivity contribution < 1.29 is 9.32 Å². The summed E-state index contributed by atoms with van der Waals surface area (Å²) in [5, 5.41) is 7.69. The number of nitrogens with zero attached hydrogens (tertiary/aromatic N) is 2. The molecule has 140 valence electrons. The van der Waals surface area contributed by atoms with Crippen LogP contribution in [0.3, 0.4) is 0 Å². The number of nitrogens with one attached hydrogen (secondary N) is 1. The number of halogens is 2. The molecule has 0 saturated carbocycles. The summed E-state index contributed by atoms with van der Waals surface area (Å²) in [6.07, 6.45) is 1.59. The fourth-order valence-electron chi connectivity index (χ4n) is 2.68. The van der Waals surface area contributed by atoms with Crippen molar-refractivity contribution in [2.24, 2.45) is 0 Å². The molecule has 27 heavy (non-hydrogen) atoms.